The number of fused-ring (bicyclic) bond motifs is 1. The van der Waals surface area contributed by atoms with E-state index in [1.165, 1.54) is 10.8 Å². The zero-order chi connectivity index (χ0) is 20.6. The van der Waals surface area contributed by atoms with Crippen molar-refractivity contribution in [3.05, 3.63) is 15.9 Å². The van der Waals surface area contributed by atoms with Gasteiger partial charge in [-0.1, -0.05) is 32.1 Å². The fourth-order valence-corrected chi connectivity index (χ4v) is 4.20. The quantitative estimate of drug-likeness (QED) is 0.688. The number of thiazole rings is 1. The van der Waals surface area contributed by atoms with Gasteiger partial charge in [0.15, 0.2) is 5.65 Å². The van der Waals surface area contributed by atoms with Crippen molar-refractivity contribution in [2.75, 3.05) is 5.73 Å². The van der Waals surface area contributed by atoms with Gasteiger partial charge < -0.3 is 20.3 Å². The molecule has 1 fully saturated rings. The fourth-order valence-electron chi connectivity index (χ4n) is 3.39. The van der Waals surface area contributed by atoms with Gasteiger partial charge in [0.1, 0.15) is 12.3 Å². The third-order valence-electron chi connectivity index (χ3n) is 5.04. The summed E-state index contributed by atoms with van der Waals surface area (Å²) in [6.45, 7) is 7.17. The van der Waals surface area contributed by atoms with Crippen LogP contribution < -0.4 is 10.6 Å². The lowest BCUT2D eigenvalue weighted by atomic mass is 9.95. The molecule has 28 heavy (non-hydrogen) atoms. The molecule has 3 heterocycles. The topological polar surface area (TPSA) is 130 Å². The van der Waals surface area contributed by atoms with Gasteiger partial charge in [-0.2, -0.15) is 4.98 Å². The second-order valence-corrected chi connectivity index (χ2v) is 8.38. The van der Waals surface area contributed by atoms with Crippen LogP contribution in [0.15, 0.2) is 11.0 Å². The molecule has 3 N–H and O–H groups in total. The highest BCUT2D eigenvalue weighted by molar-refractivity contribution is 7.16. The molecule has 3 rings (SSSR count). The van der Waals surface area contributed by atoms with Gasteiger partial charge in [-0.05, 0) is 19.8 Å². The van der Waals surface area contributed by atoms with Crippen LogP contribution >= 0.6 is 11.3 Å². The van der Waals surface area contributed by atoms with Crippen molar-refractivity contribution in [2.45, 2.75) is 65.1 Å². The molecule has 2 unspecified atom stereocenters. The average molecular weight is 410 g/mol. The molecule has 0 radical (unpaired) electrons. The molecule has 9 nitrogen and oxygen atoms in total. The van der Waals surface area contributed by atoms with Crippen molar-refractivity contribution >= 4 is 33.6 Å². The number of nitrogens with two attached hydrogens (primary N) is 1. The van der Waals surface area contributed by atoms with E-state index in [1.807, 2.05) is 6.92 Å². The van der Waals surface area contributed by atoms with Gasteiger partial charge in [-0.25, -0.2) is 4.98 Å². The number of nitrogens with zero attached hydrogens (tertiary/aromatic N) is 3. The minimum atomic E-state index is -0.725. The smallest absolute Gasteiger partial charge is 0.311 e. The first kappa shape index (κ1) is 20.7. The number of ether oxygens (including phenoxy) is 2. The molecule has 0 saturated carbocycles. The number of aromatic nitrogens is 3. The number of hydrogen-bond acceptors (Lipinski definition) is 9. The number of anilines is 1. The molecule has 0 amide bonds. The SMILES string of the molecule is CCC(O)[C@@H]1C[C@@H](C(C)OC(=O)C(C)C)[C@H](n2c(=O)sc3cnc(N)nc32)O1. The maximum atomic E-state index is 12.7. The molecule has 1 aliphatic rings. The summed E-state index contributed by atoms with van der Waals surface area (Å²) in [6, 6.07) is 0. The number of esters is 1. The Morgan fingerprint density at radius 1 is 1.50 bits per heavy atom. The summed E-state index contributed by atoms with van der Waals surface area (Å²) in [5.41, 5.74) is 6.09. The summed E-state index contributed by atoms with van der Waals surface area (Å²) in [7, 11) is 0. The average Bonchev–Trinajstić information content (AvgIpc) is 3.21. The number of hydrogen-bond donors (Lipinski definition) is 2. The van der Waals surface area contributed by atoms with Gasteiger partial charge in [0.25, 0.3) is 0 Å². The Kier molecular flexibility index (Phi) is 6.01. The molecule has 5 atom stereocenters. The fraction of sp³-hybridized carbons (Fsp3) is 0.667. The molecule has 1 aliphatic heterocycles. The highest BCUT2D eigenvalue weighted by atomic mass is 32.1. The Bertz CT molecular complexity index is 911. The third kappa shape index (κ3) is 3.89. The maximum absolute atomic E-state index is 12.7. The summed E-state index contributed by atoms with van der Waals surface area (Å²) in [5, 5.41) is 10.3. The Morgan fingerprint density at radius 3 is 2.86 bits per heavy atom. The molecule has 0 bridgehead atoms. The van der Waals surface area contributed by atoms with Crippen molar-refractivity contribution in [1.82, 2.24) is 14.5 Å². The highest BCUT2D eigenvalue weighted by Crippen LogP contribution is 2.40. The van der Waals surface area contributed by atoms with Gasteiger partial charge >= 0.3 is 10.8 Å². The molecule has 154 valence electrons. The molecule has 0 spiro atoms. The summed E-state index contributed by atoms with van der Waals surface area (Å²) in [5.74, 6) is -0.851. The van der Waals surface area contributed by atoms with Crippen LogP contribution in [0.4, 0.5) is 5.95 Å². The van der Waals surface area contributed by atoms with Gasteiger partial charge in [-0.15, -0.1) is 0 Å². The lowest BCUT2D eigenvalue weighted by Gasteiger charge is -2.25. The molecule has 0 aliphatic carbocycles. The Hall–Kier alpha value is -2.04. The zero-order valence-corrected chi connectivity index (χ0v) is 17.2. The van der Waals surface area contributed by atoms with Gasteiger partial charge in [-0.3, -0.25) is 14.2 Å². The Labute approximate surface area is 166 Å². The van der Waals surface area contributed by atoms with Crippen LogP contribution in [0.1, 0.15) is 46.8 Å². The van der Waals surface area contributed by atoms with Crippen LogP contribution in [-0.4, -0.2) is 43.9 Å². The maximum Gasteiger partial charge on any atom is 0.311 e. The predicted molar refractivity (Wildman–Crippen MR) is 105 cm³/mol. The monoisotopic (exact) mass is 410 g/mol. The van der Waals surface area contributed by atoms with E-state index in [0.29, 0.717) is 23.2 Å². The largest absolute Gasteiger partial charge is 0.462 e. The normalized spacial score (nSPS) is 24.6. The lowest BCUT2D eigenvalue weighted by Crippen LogP contribution is -2.33. The van der Waals surface area contributed by atoms with E-state index >= 15 is 0 Å². The molecule has 10 heteroatoms. The van der Waals surface area contributed by atoms with E-state index in [-0.39, 0.29) is 28.6 Å². The van der Waals surface area contributed by atoms with Crippen molar-refractivity contribution < 1.29 is 19.4 Å². The number of aliphatic hydroxyl groups excluding tert-OH is 1. The molecule has 2 aromatic heterocycles. The Morgan fingerprint density at radius 2 is 2.21 bits per heavy atom. The van der Waals surface area contributed by atoms with E-state index in [1.54, 1.807) is 20.8 Å². The second-order valence-electron chi connectivity index (χ2n) is 7.39. The molecule has 2 aromatic rings. The molecule has 0 aromatic carbocycles. The number of rotatable bonds is 6. The Balaban J connectivity index is 2.00. The standard InChI is InChI=1S/C18H26N4O5S/c1-5-11(23)12-6-10(9(4)26-16(24)8(2)3)15(27-12)22-14-13(28-18(22)25)7-20-17(19)21-14/h7-12,15,23H,5-6H2,1-4H3,(H2,19,20,21)/t9?,10-,11?,12-,15+/m0/s1. The first-order valence-corrected chi connectivity index (χ1v) is 10.2. The van der Waals surface area contributed by atoms with Crippen molar-refractivity contribution in [1.29, 1.82) is 0 Å². The van der Waals surface area contributed by atoms with Crippen molar-refractivity contribution in [3.63, 3.8) is 0 Å². The second kappa shape index (κ2) is 8.14. The number of nitrogen functional groups attached to an aromatic ring is 1. The molecular formula is C18H26N4O5S. The van der Waals surface area contributed by atoms with E-state index in [0.717, 1.165) is 11.3 Å². The van der Waals surface area contributed by atoms with Crippen LogP contribution in [0.2, 0.25) is 0 Å². The zero-order valence-electron chi connectivity index (χ0n) is 16.4. The van der Waals surface area contributed by atoms with Crippen molar-refractivity contribution in [2.24, 2.45) is 11.8 Å². The van der Waals surface area contributed by atoms with Crippen LogP contribution in [0.3, 0.4) is 0 Å². The van der Waals surface area contributed by atoms with Crippen LogP contribution in [0.5, 0.6) is 0 Å². The minimum absolute atomic E-state index is 0.0537. The predicted octanol–water partition coefficient (Wildman–Crippen LogP) is 1.70. The van der Waals surface area contributed by atoms with Crippen LogP contribution in [0.25, 0.3) is 10.3 Å². The van der Waals surface area contributed by atoms with Gasteiger partial charge in [0, 0.05) is 5.92 Å². The summed E-state index contributed by atoms with van der Waals surface area (Å²) in [4.78, 5) is 32.7. The summed E-state index contributed by atoms with van der Waals surface area (Å²) >= 11 is 0.999. The number of aliphatic hydroxyl groups is 1. The molecule has 1 saturated heterocycles. The highest BCUT2D eigenvalue weighted by Gasteiger charge is 2.44. The van der Waals surface area contributed by atoms with Crippen LogP contribution in [0, 0.1) is 11.8 Å². The third-order valence-corrected chi connectivity index (χ3v) is 5.92. The van der Waals surface area contributed by atoms with Crippen LogP contribution in [-0.2, 0) is 14.3 Å². The summed E-state index contributed by atoms with van der Waals surface area (Å²) in [6.07, 6.45) is 0.0914. The van der Waals surface area contributed by atoms with E-state index in [2.05, 4.69) is 9.97 Å². The number of carbonyl (C=O) groups excluding carboxylic acids is 1. The van der Waals surface area contributed by atoms with E-state index in [4.69, 9.17) is 15.2 Å². The lowest BCUT2D eigenvalue weighted by molar-refractivity contribution is -0.157. The molecular weight excluding hydrogens is 384 g/mol. The van der Waals surface area contributed by atoms with Crippen molar-refractivity contribution in [3.8, 4) is 0 Å². The van der Waals surface area contributed by atoms with Gasteiger partial charge in [0.05, 0.1) is 29.0 Å². The first-order chi connectivity index (χ1) is 13.2. The first-order valence-electron chi connectivity index (χ1n) is 9.40. The van der Waals surface area contributed by atoms with E-state index < -0.39 is 24.5 Å². The van der Waals surface area contributed by atoms with Gasteiger partial charge in [0.2, 0.25) is 5.95 Å². The minimum Gasteiger partial charge on any atom is -0.462 e. The summed E-state index contributed by atoms with van der Waals surface area (Å²) < 4.78 is 13.7. The number of carbonyl (C=O) groups is 1. The van der Waals surface area contributed by atoms with E-state index in [9.17, 15) is 14.7 Å².